The molecule has 1 unspecified atom stereocenters. The minimum atomic E-state index is -1.09. The lowest BCUT2D eigenvalue weighted by Crippen LogP contribution is -2.35. The summed E-state index contributed by atoms with van der Waals surface area (Å²) >= 11 is 0. The number of hydrogen-bond acceptors (Lipinski definition) is 8. The molecule has 0 spiro atoms. The predicted molar refractivity (Wildman–Crippen MR) is 105 cm³/mol. The van der Waals surface area contributed by atoms with Gasteiger partial charge in [0.2, 0.25) is 0 Å². The maximum atomic E-state index is 12.6. The molecular formula is C19H29N5O4. The van der Waals surface area contributed by atoms with Gasteiger partial charge in [-0.2, -0.15) is 0 Å². The lowest BCUT2D eigenvalue weighted by Gasteiger charge is -2.25. The molecule has 154 valence electrons. The molecule has 9 heteroatoms. The molecule has 0 fully saturated rings. The van der Waals surface area contributed by atoms with E-state index in [0.717, 1.165) is 18.9 Å². The monoisotopic (exact) mass is 391 g/mol. The predicted octanol–water partition coefficient (Wildman–Crippen LogP) is 2.37. The molecule has 0 saturated heterocycles. The molecule has 0 N–H and O–H groups in total. The Bertz CT molecular complexity index is 785. The maximum Gasteiger partial charge on any atom is 0.322 e. The summed E-state index contributed by atoms with van der Waals surface area (Å²) in [4.78, 5) is 40.4. The van der Waals surface area contributed by atoms with Crippen LogP contribution < -0.4 is 4.90 Å². The fourth-order valence-corrected chi connectivity index (χ4v) is 3.30. The third kappa shape index (κ3) is 4.23. The highest BCUT2D eigenvalue weighted by atomic mass is 16.6. The third-order valence-corrected chi connectivity index (χ3v) is 4.64. The highest BCUT2D eigenvalue weighted by Crippen LogP contribution is 2.30. The SMILES string of the molecule is CCOC(=O)C(C(=O)OCC)C(CC)n1cnc2c(N(CC)CC)ncnc21. The molecular weight excluding hydrogens is 362 g/mol. The zero-order valence-electron chi connectivity index (χ0n) is 17.2. The third-order valence-electron chi connectivity index (χ3n) is 4.64. The Labute approximate surface area is 165 Å². The molecule has 2 aromatic heterocycles. The minimum Gasteiger partial charge on any atom is -0.465 e. The van der Waals surface area contributed by atoms with E-state index in [4.69, 9.17) is 9.47 Å². The second-order valence-electron chi connectivity index (χ2n) is 6.15. The van der Waals surface area contributed by atoms with Crippen LogP contribution in [0.5, 0.6) is 0 Å². The van der Waals surface area contributed by atoms with E-state index in [1.54, 1.807) is 24.7 Å². The van der Waals surface area contributed by atoms with E-state index < -0.39 is 23.9 Å². The Kier molecular flexibility index (Phi) is 7.71. The summed E-state index contributed by atoms with van der Waals surface area (Å²) in [5.74, 6) is -1.57. The lowest BCUT2D eigenvalue weighted by atomic mass is 9.97. The van der Waals surface area contributed by atoms with Gasteiger partial charge < -0.3 is 18.9 Å². The average molecular weight is 391 g/mol. The van der Waals surface area contributed by atoms with E-state index in [1.807, 2.05) is 20.8 Å². The van der Waals surface area contributed by atoms with Crippen LogP contribution in [0, 0.1) is 5.92 Å². The topological polar surface area (TPSA) is 99.4 Å². The first-order chi connectivity index (χ1) is 13.5. The molecule has 0 aliphatic carbocycles. The Morgan fingerprint density at radius 2 is 1.61 bits per heavy atom. The van der Waals surface area contributed by atoms with Crippen LogP contribution in [-0.2, 0) is 19.1 Å². The number of hydrogen-bond donors (Lipinski definition) is 0. The molecule has 0 aliphatic heterocycles. The molecule has 2 rings (SSSR count). The fraction of sp³-hybridized carbons (Fsp3) is 0.632. The molecule has 0 amide bonds. The molecule has 0 saturated carbocycles. The molecule has 0 bridgehead atoms. The number of carbonyl (C=O) groups is 2. The van der Waals surface area contributed by atoms with Gasteiger partial charge in [-0.25, -0.2) is 15.0 Å². The molecule has 0 aromatic carbocycles. The van der Waals surface area contributed by atoms with Gasteiger partial charge in [0.15, 0.2) is 22.9 Å². The van der Waals surface area contributed by atoms with Gasteiger partial charge in [-0.15, -0.1) is 0 Å². The van der Waals surface area contributed by atoms with Crippen molar-refractivity contribution in [1.82, 2.24) is 19.5 Å². The van der Waals surface area contributed by atoms with Gasteiger partial charge >= 0.3 is 11.9 Å². The highest BCUT2D eigenvalue weighted by molar-refractivity contribution is 5.96. The highest BCUT2D eigenvalue weighted by Gasteiger charge is 2.38. The van der Waals surface area contributed by atoms with Gasteiger partial charge in [0, 0.05) is 13.1 Å². The van der Waals surface area contributed by atoms with Gasteiger partial charge in [-0.05, 0) is 34.1 Å². The van der Waals surface area contributed by atoms with Crippen molar-refractivity contribution in [1.29, 1.82) is 0 Å². The molecule has 2 aromatic rings. The first-order valence-corrected chi connectivity index (χ1v) is 9.79. The number of fused-ring (bicyclic) bond motifs is 1. The van der Waals surface area contributed by atoms with E-state index in [-0.39, 0.29) is 13.2 Å². The zero-order valence-corrected chi connectivity index (χ0v) is 17.2. The summed E-state index contributed by atoms with van der Waals surface area (Å²) in [7, 11) is 0. The zero-order chi connectivity index (χ0) is 20.7. The van der Waals surface area contributed by atoms with E-state index in [2.05, 4.69) is 19.9 Å². The normalized spacial score (nSPS) is 12.2. The van der Waals surface area contributed by atoms with Crippen LogP contribution in [0.25, 0.3) is 11.2 Å². The number of ether oxygens (including phenoxy) is 2. The van der Waals surface area contributed by atoms with Crippen LogP contribution >= 0.6 is 0 Å². The van der Waals surface area contributed by atoms with Crippen molar-refractivity contribution in [2.24, 2.45) is 5.92 Å². The van der Waals surface area contributed by atoms with Gasteiger partial charge in [0.1, 0.15) is 6.33 Å². The Balaban J connectivity index is 2.55. The Morgan fingerprint density at radius 3 is 2.11 bits per heavy atom. The number of anilines is 1. The standard InChI is InChI=1S/C19H29N5O4/c1-6-13(14(18(25)27-9-4)19(26)28-10-5)24-12-22-15-16(23(7-2)8-3)20-11-21-17(15)24/h11-14H,6-10H2,1-5H3. The van der Waals surface area contributed by atoms with E-state index in [9.17, 15) is 9.59 Å². The largest absolute Gasteiger partial charge is 0.465 e. The van der Waals surface area contributed by atoms with Crippen LogP contribution in [0.4, 0.5) is 5.82 Å². The average Bonchev–Trinajstić information content (AvgIpc) is 3.11. The van der Waals surface area contributed by atoms with Gasteiger partial charge in [0.25, 0.3) is 0 Å². The van der Waals surface area contributed by atoms with Crippen molar-refractivity contribution in [2.45, 2.75) is 47.1 Å². The van der Waals surface area contributed by atoms with E-state index in [1.165, 1.54) is 6.33 Å². The van der Waals surface area contributed by atoms with E-state index >= 15 is 0 Å². The molecule has 0 aliphatic rings. The second-order valence-corrected chi connectivity index (χ2v) is 6.15. The van der Waals surface area contributed by atoms with Gasteiger partial charge in [-0.1, -0.05) is 6.92 Å². The Hall–Kier alpha value is -2.71. The maximum absolute atomic E-state index is 12.6. The number of aromatic nitrogens is 4. The summed E-state index contributed by atoms with van der Waals surface area (Å²) in [6.07, 6.45) is 3.58. The number of carbonyl (C=O) groups excluding carboxylic acids is 2. The summed E-state index contributed by atoms with van der Waals surface area (Å²) in [6.45, 7) is 11.3. The quantitative estimate of drug-likeness (QED) is 0.449. The minimum absolute atomic E-state index is 0.185. The van der Waals surface area contributed by atoms with Crippen molar-refractivity contribution in [2.75, 3.05) is 31.2 Å². The summed E-state index contributed by atoms with van der Waals surface area (Å²) in [6, 6.07) is -0.525. The Morgan fingerprint density at radius 1 is 1.00 bits per heavy atom. The molecule has 9 nitrogen and oxygen atoms in total. The molecule has 1 atom stereocenters. The van der Waals surface area contributed by atoms with Crippen molar-refractivity contribution >= 4 is 28.9 Å². The molecule has 2 heterocycles. The van der Waals surface area contributed by atoms with Gasteiger partial charge in [-0.3, -0.25) is 9.59 Å². The van der Waals surface area contributed by atoms with Crippen LogP contribution in [-0.4, -0.2) is 57.8 Å². The molecule has 0 radical (unpaired) electrons. The summed E-state index contributed by atoms with van der Waals surface area (Å²) in [5.41, 5.74) is 1.21. The van der Waals surface area contributed by atoms with Gasteiger partial charge in [0.05, 0.1) is 25.6 Å². The first-order valence-electron chi connectivity index (χ1n) is 9.79. The van der Waals surface area contributed by atoms with E-state index in [0.29, 0.717) is 17.6 Å². The lowest BCUT2D eigenvalue weighted by molar-refractivity contribution is -0.164. The second kappa shape index (κ2) is 10.0. The number of imidazole rings is 1. The summed E-state index contributed by atoms with van der Waals surface area (Å²) < 4.78 is 12.0. The number of esters is 2. The van der Waals surface area contributed by atoms with Crippen molar-refractivity contribution in [3.05, 3.63) is 12.7 Å². The fourth-order valence-electron chi connectivity index (χ4n) is 3.30. The van der Waals surface area contributed by atoms with Crippen LogP contribution in [0.2, 0.25) is 0 Å². The summed E-state index contributed by atoms with van der Waals surface area (Å²) in [5, 5.41) is 0. The van der Waals surface area contributed by atoms with Crippen LogP contribution in [0.3, 0.4) is 0 Å². The van der Waals surface area contributed by atoms with Crippen molar-refractivity contribution < 1.29 is 19.1 Å². The molecule has 28 heavy (non-hydrogen) atoms. The smallest absolute Gasteiger partial charge is 0.322 e. The van der Waals surface area contributed by atoms with Crippen molar-refractivity contribution in [3.63, 3.8) is 0 Å². The van der Waals surface area contributed by atoms with Crippen molar-refractivity contribution in [3.8, 4) is 0 Å². The number of rotatable bonds is 10. The number of nitrogens with zero attached hydrogens (tertiary/aromatic N) is 5. The van der Waals surface area contributed by atoms with Crippen LogP contribution in [0.15, 0.2) is 12.7 Å². The van der Waals surface area contributed by atoms with Crippen LogP contribution in [0.1, 0.15) is 47.1 Å². The first kappa shape index (κ1) is 21.6.